The summed E-state index contributed by atoms with van der Waals surface area (Å²) in [6.45, 7) is 3.76. The van der Waals surface area contributed by atoms with Gasteiger partial charge in [-0.05, 0) is 33.2 Å². The van der Waals surface area contributed by atoms with Crippen molar-refractivity contribution in [2.75, 3.05) is 13.6 Å². The number of aromatic nitrogens is 2. The summed E-state index contributed by atoms with van der Waals surface area (Å²) in [5.41, 5.74) is 0.704. The summed E-state index contributed by atoms with van der Waals surface area (Å²) in [7, 11) is 2.08. The van der Waals surface area contributed by atoms with Gasteiger partial charge in [0.2, 0.25) is 0 Å². The molecule has 2 rings (SSSR count). The highest BCUT2D eigenvalue weighted by atomic mass is 16.3. The number of nitrogens with zero attached hydrogens (tertiary/aromatic N) is 2. The van der Waals surface area contributed by atoms with E-state index in [1.54, 1.807) is 0 Å². The topological polar surface area (TPSA) is 52.1 Å². The first-order valence-corrected chi connectivity index (χ1v) is 6.49. The second kappa shape index (κ2) is 5.19. The Kier molecular flexibility index (Phi) is 3.84. The fraction of sp³-hybridized carbons (Fsp3) is 0.769. The van der Waals surface area contributed by atoms with Gasteiger partial charge in [0.25, 0.3) is 0 Å². The minimum Gasteiger partial charge on any atom is -0.390 e. The van der Waals surface area contributed by atoms with Gasteiger partial charge in [0.1, 0.15) is 5.82 Å². The number of nitrogens with one attached hydrogen (secondary N) is 1. The molecule has 17 heavy (non-hydrogen) atoms. The molecule has 0 amide bonds. The lowest BCUT2D eigenvalue weighted by atomic mass is 9.98. The third-order valence-electron chi connectivity index (χ3n) is 3.67. The van der Waals surface area contributed by atoms with Crippen LogP contribution in [0.4, 0.5) is 0 Å². The SMILES string of the molecule is Cc1cnc(CN(C)CCC2(O)CCCC2)[nH]1. The summed E-state index contributed by atoms with van der Waals surface area (Å²) in [4.78, 5) is 9.74. The minimum absolute atomic E-state index is 0.395. The summed E-state index contributed by atoms with van der Waals surface area (Å²) < 4.78 is 0. The maximum absolute atomic E-state index is 10.3. The van der Waals surface area contributed by atoms with Gasteiger partial charge in [-0.15, -0.1) is 0 Å². The Hall–Kier alpha value is -0.870. The molecule has 0 bridgehead atoms. The van der Waals surface area contributed by atoms with Crippen LogP contribution in [0.1, 0.15) is 43.6 Å². The lowest BCUT2D eigenvalue weighted by molar-refractivity contribution is 0.0295. The summed E-state index contributed by atoms with van der Waals surface area (Å²) in [5.74, 6) is 1.00. The lowest BCUT2D eigenvalue weighted by Gasteiger charge is -2.25. The highest BCUT2D eigenvalue weighted by Crippen LogP contribution is 2.32. The largest absolute Gasteiger partial charge is 0.390 e. The maximum Gasteiger partial charge on any atom is 0.120 e. The fourth-order valence-corrected chi connectivity index (χ4v) is 2.56. The van der Waals surface area contributed by atoms with E-state index < -0.39 is 5.60 Å². The first kappa shape index (κ1) is 12.6. The quantitative estimate of drug-likeness (QED) is 0.821. The summed E-state index contributed by atoms with van der Waals surface area (Å²) >= 11 is 0. The summed E-state index contributed by atoms with van der Waals surface area (Å²) in [6, 6.07) is 0. The van der Waals surface area contributed by atoms with Gasteiger partial charge in [-0.2, -0.15) is 0 Å². The van der Waals surface area contributed by atoms with Crippen LogP contribution in [-0.4, -0.2) is 39.2 Å². The van der Waals surface area contributed by atoms with E-state index in [1.165, 1.54) is 12.8 Å². The van der Waals surface area contributed by atoms with Crippen molar-refractivity contribution in [1.82, 2.24) is 14.9 Å². The van der Waals surface area contributed by atoms with E-state index in [1.807, 2.05) is 13.1 Å². The van der Waals surface area contributed by atoms with Gasteiger partial charge < -0.3 is 10.1 Å². The molecule has 0 spiro atoms. The molecule has 0 atom stereocenters. The van der Waals surface area contributed by atoms with Gasteiger partial charge in [0.15, 0.2) is 0 Å². The number of hydrogen-bond acceptors (Lipinski definition) is 3. The van der Waals surface area contributed by atoms with Crippen LogP contribution >= 0.6 is 0 Å². The zero-order valence-corrected chi connectivity index (χ0v) is 10.9. The predicted octanol–water partition coefficient (Wildman–Crippen LogP) is 1.85. The highest BCUT2D eigenvalue weighted by Gasteiger charge is 2.30. The van der Waals surface area contributed by atoms with Gasteiger partial charge in [-0.25, -0.2) is 4.98 Å². The van der Waals surface area contributed by atoms with Crippen LogP contribution < -0.4 is 0 Å². The third kappa shape index (κ3) is 3.54. The van der Waals surface area contributed by atoms with E-state index in [0.717, 1.165) is 43.9 Å². The molecule has 0 aliphatic heterocycles. The van der Waals surface area contributed by atoms with Crippen molar-refractivity contribution in [3.05, 3.63) is 17.7 Å². The number of hydrogen-bond donors (Lipinski definition) is 2. The monoisotopic (exact) mass is 237 g/mol. The number of aryl methyl sites for hydroxylation is 1. The van der Waals surface area contributed by atoms with Crippen LogP contribution in [0.5, 0.6) is 0 Å². The summed E-state index contributed by atoms with van der Waals surface area (Å²) in [6.07, 6.45) is 7.04. The third-order valence-corrected chi connectivity index (χ3v) is 3.67. The molecule has 1 fully saturated rings. The zero-order valence-electron chi connectivity index (χ0n) is 10.9. The number of aliphatic hydroxyl groups is 1. The van der Waals surface area contributed by atoms with Crippen molar-refractivity contribution in [1.29, 1.82) is 0 Å². The number of H-pyrrole nitrogens is 1. The van der Waals surface area contributed by atoms with Crippen LogP contribution in [0.25, 0.3) is 0 Å². The van der Waals surface area contributed by atoms with Crippen LogP contribution in [0, 0.1) is 6.92 Å². The molecular weight excluding hydrogens is 214 g/mol. The van der Waals surface area contributed by atoms with Gasteiger partial charge in [0.05, 0.1) is 12.1 Å². The molecule has 1 aromatic rings. The van der Waals surface area contributed by atoms with Crippen molar-refractivity contribution in [3.8, 4) is 0 Å². The highest BCUT2D eigenvalue weighted by molar-refractivity contribution is 4.98. The van der Waals surface area contributed by atoms with Crippen LogP contribution in [0.2, 0.25) is 0 Å². The lowest BCUT2D eigenvalue weighted by Crippen LogP contribution is -2.31. The van der Waals surface area contributed by atoms with Crippen molar-refractivity contribution >= 4 is 0 Å². The molecule has 1 aromatic heterocycles. The Labute approximate surface area is 103 Å². The average molecular weight is 237 g/mol. The molecule has 4 heteroatoms. The first-order valence-electron chi connectivity index (χ1n) is 6.49. The second-order valence-corrected chi connectivity index (χ2v) is 5.43. The van der Waals surface area contributed by atoms with Crippen LogP contribution in [0.3, 0.4) is 0 Å². The van der Waals surface area contributed by atoms with E-state index in [0.29, 0.717) is 0 Å². The Morgan fingerprint density at radius 1 is 1.47 bits per heavy atom. The second-order valence-electron chi connectivity index (χ2n) is 5.43. The molecule has 0 radical (unpaired) electrons. The Bertz CT molecular complexity index is 355. The zero-order chi connectivity index (χ0) is 12.3. The number of aromatic amines is 1. The average Bonchev–Trinajstić information content (AvgIpc) is 2.86. The Morgan fingerprint density at radius 2 is 2.18 bits per heavy atom. The molecule has 0 unspecified atom stereocenters. The molecule has 2 N–H and O–H groups in total. The van der Waals surface area contributed by atoms with Crippen molar-refractivity contribution in [2.45, 2.75) is 51.2 Å². The van der Waals surface area contributed by atoms with E-state index in [9.17, 15) is 5.11 Å². The van der Waals surface area contributed by atoms with Crippen molar-refractivity contribution in [3.63, 3.8) is 0 Å². The summed E-state index contributed by atoms with van der Waals surface area (Å²) in [5, 5.41) is 10.3. The Morgan fingerprint density at radius 3 is 2.76 bits per heavy atom. The van der Waals surface area contributed by atoms with E-state index in [4.69, 9.17) is 0 Å². The molecule has 1 aliphatic rings. The van der Waals surface area contributed by atoms with E-state index in [2.05, 4.69) is 21.9 Å². The van der Waals surface area contributed by atoms with E-state index in [-0.39, 0.29) is 0 Å². The number of rotatable bonds is 5. The van der Waals surface area contributed by atoms with Gasteiger partial charge in [-0.3, -0.25) is 4.90 Å². The van der Waals surface area contributed by atoms with Gasteiger partial charge >= 0.3 is 0 Å². The van der Waals surface area contributed by atoms with Crippen molar-refractivity contribution < 1.29 is 5.11 Å². The van der Waals surface area contributed by atoms with Crippen LogP contribution in [0.15, 0.2) is 6.20 Å². The molecule has 1 heterocycles. The fourth-order valence-electron chi connectivity index (χ4n) is 2.56. The van der Waals surface area contributed by atoms with Crippen molar-refractivity contribution in [2.24, 2.45) is 0 Å². The van der Waals surface area contributed by atoms with Gasteiger partial charge in [-0.1, -0.05) is 12.8 Å². The Balaban J connectivity index is 1.75. The molecule has 0 saturated heterocycles. The molecule has 0 aromatic carbocycles. The molecule has 96 valence electrons. The minimum atomic E-state index is -0.395. The maximum atomic E-state index is 10.3. The van der Waals surface area contributed by atoms with Crippen LogP contribution in [-0.2, 0) is 6.54 Å². The molecule has 4 nitrogen and oxygen atoms in total. The molecule has 1 aliphatic carbocycles. The smallest absolute Gasteiger partial charge is 0.120 e. The number of imidazole rings is 1. The first-order chi connectivity index (χ1) is 8.07. The standard InChI is InChI=1S/C13H23N3O/c1-11-9-14-12(15-11)10-16(2)8-7-13(17)5-3-4-6-13/h9,17H,3-8,10H2,1-2H3,(H,14,15). The van der Waals surface area contributed by atoms with E-state index >= 15 is 0 Å². The predicted molar refractivity (Wildman–Crippen MR) is 67.7 cm³/mol. The molecular formula is C13H23N3O. The van der Waals surface area contributed by atoms with Gasteiger partial charge in [0, 0.05) is 18.4 Å². The molecule has 1 saturated carbocycles. The normalized spacial score (nSPS) is 19.1.